The minimum Gasteiger partial charge on any atom is -0.452 e. The molecule has 1 aromatic heterocycles. The molecule has 1 atom stereocenters. The van der Waals surface area contributed by atoms with E-state index in [-0.39, 0.29) is 5.75 Å². The van der Waals surface area contributed by atoms with E-state index in [1.54, 1.807) is 30.3 Å². The average molecular weight is 429 g/mol. The van der Waals surface area contributed by atoms with E-state index >= 15 is 0 Å². The molecule has 0 radical (unpaired) electrons. The predicted molar refractivity (Wildman–Crippen MR) is 113 cm³/mol. The number of anilines is 1. The summed E-state index contributed by atoms with van der Waals surface area (Å²) >= 11 is 0. The second-order valence-electron chi connectivity index (χ2n) is 7.79. The van der Waals surface area contributed by atoms with Crippen LogP contribution in [-0.4, -0.2) is 43.3 Å². The quantitative estimate of drug-likeness (QED) is 0.661. The van der Waals surface area contributed by atoms with Crippen molar-refractivity contribution in [2.24, 2.45) is 0 Å². The predicted octanol–water partition coefficient (Wildman–Crippen LogP) is 2.94. The molecule has 0 bridgehead atoms. The highest BCUT2D eigenvalue weighted by Crippen LogP contribution is 2.38. The van der Waals surface area contributed by atoms with Gasteiger partial charge in [0, 0.05) is 28.5 Å². The molecule has 0 saturated heterocycles. The molecule has 8 heteroatoms. The minimum absolute atomic E-state index is 0.190. The van der Waals surface area contributed by atoms with Gasteiger partial charge in [-0.3, -0.25) is 4.79 Å². The van der Waals surface area contributed by atoms with Gasteiger partial charge in [0.25, 0.3) is 5.91 Å². The summed E-state index contributed by atoms with van der Waals surface area (Å²) in [5.74, 6) is -1.22. The number of amides is 1. The summed E-state index contributed by atoms with van der Waals surface area (Å²) in [6, 6.07) is 10.4. The van der Waals surface area contributed by atoms with Crippen molar-refractivity contribution in [3.05, 3.63) is 64.8 Å². The molecule has 158 valence electrons. The molecule has 0 unspecified atom stereocenters. The van der Waals surface area contributed by atoms with Gasteiger partial charge in [-0.2, -0.15) is 0 Å². The van der Waals surface area contributed by atoms with E-state index in [0.717, 1.165) is 29.6 Å². The van der Waals surface area contributed by atoms with Gasteiger partial charge in [0.05, 0.1) is 17.4 Å². The lowest BCUT2D eigenvalue weighted by Gasteiger charge is -2.27. The standard InChI is InChI=1S/C22H24N2O5S/c1-15-12-20(16(2)23(15)18-8-9-18)22(26)29-13-21(25)24(17-6-4-3-5-7-17)19-10-11-30(27,28)14-19/h3-7,10-12,18-19H,8-9,13-14H2,1-2H3/t19-/m1/s1. The second-order valence-corrected chi connectivity index (χ2v) is 9.72. The monoisotopic (exact) mass is 428 g/mol. The number of hydrogen-bond acceptors (Lipinski definition) is 5. The number of carbonyl (C=O) groups excluding carboxylic acids is 2. The highest BCUT2D eigenvalue weighted by Gasteiger charge is 2.33. The van der Waals surface area contributed by atoms with Gasteiger partial charge in [-0.25, -0.2) is 13.2 Å². The van der Waals surface area contributed by atoms with Crippen LogP contribution in [-0.2, 0) is 19.4 Å². The Labute approximate surface area is 175 Å². The van der Waals surface area contributed by atoms with Crippen molar-refractivity contribution in [2.75, 3.05) is 17.3 Å². The molecular weight excluding hydrogens is 404 g/mol. The van der Waals surface area contributed by atoms with Crippen molar-refractivity contribution < 1.29 is 22.7 Å². The Balaban J connectivity index is 1.50. The number of hydrogen-bond donors (Lipinski definition) is 0. The summed E-state index contributed by atoms with van der Waals surface area (Å²) in [6.07, 6.45) is 3.70. The number of sulfone groups is 1. The van der Waals surface area contributed by atoms with Crippen LogP contribution < -0.4 is 4.90 Å². The molecule has 1 aliphatic carbocycles. The van der Waals surface area contributed by atoms with Crippen LogP contribution >= 0.6 is 0 Å². The third-order valence-electron chi connectivity index (χ3n) is 5.49. The Bertz CT molecular complexity index is 1110. The summed E-state index contributed by atoms with van der Waals surface area (Å²) in [6.45, 7) is 3.37. The van der Waals surface area contributed by atoms with Gasteiger partial charge in [-0.15, -0.1) is 0 Å². The average Bonchev–Trinajstić information content (AvgIpc) is 3.41. The largest absolute Gasteiger partial charge is 0.452 e. The van der Waals surface area contributed by atoms with Gasteiger partial charge in [0.15, 0.2) is 16.4 Å². The van der Waals surface area contributed by atoms with E-state index in [1.165, 1.54) is 11.0 Å². The second kappa shape index (κ2) is 7.75. The third-order valence-corrected chi connectivity index (χ3v) is 6.87. The van der Waals surface area contributed by atoms with Crippen LogP contribution in [0.3, 0.4) is 0 Å². The molecule has 0 spiro atoms. The number of carbonyl (C=O) groups is 2. The fraction of sp³-hybridized carbons (Fsp3) is 0.364. The Kier molecular flexibility index (Phi) is 5.27. The van der Waals surface area contributed by atoms with Crippen molar-refractivity contribution in [1.29, 1.82) is 0 Å². The van der Waals surface area contributed by atoms with Crippen LogP contribution in [0.15, 0.2) is 47.9 Å². The zero-order valence-corrected chi connectivity index (χ0v) is 17.8. The van der Waals surface area contributed by atoms with E-state index < -0.39 is 34.4 Å². The molecule has 1 fully saturated rings. The highest BCUT2D eigenvalue weighted by molar-refractivity contribution is 7.94. The maximum absolute atomic E-state index is 13.0. The lowest BCUT2D eigenvalue weighted by atomic mass is 10.2. The first-order valence-electron chi connectivity index (χ1n) is 9.90. The normalized spacial score (nSPS) is 19.6. The molecule has 7 nitrogen and oxygen atoms in total. The summed E-state index contributed by atoms with van der Waals surface area (Å²) in [4.78, 5) is 27.0. The first-order chi connectivity index (χ1) is 14.3. The van der Waals surface area contributed by atoms with E-state index in [1.807, 2.05) is 19.9 Å². The maximum Gasteiger partial charge on any atom is 0.340 e. The van der Waals surface area contributed by atoms with Gasteiger partial charge in [-0.05, 0) is 51.0 Å². The fourth-order valence-corrected chi connectivity index (χ4v) is 5.25. The lowest BCUT2D eigenvalue weighted by Crippen LogP contribution is -2.43. The molecule has 2 heterocycles. The van der Waals surface area contributed by atoms with Crippen molar-refractivity contribution in [3.63, 3.8) is 0 Å². The Hall–Kier alpha value is -2.87. The Morgan fingerprint density at radius 1 is 1.17 bits per heavy atom. The van der Waals surface area contributed by atoms with Gasteiger partial charge in [0.1, 0.15) is 0 Å². The number of ether oxygens (including phenoxy) is 1. The number of aromatic nitrogens is 1. The van der Waals surface area contributed by atoms with E-state index in [4.69, 9.17) is 4.74 Å². The molecule has 4 rings (SSSR count). The number of esters is 1. The van der Waals surface area contributed by atoms with Crippen LogP contribution in [0.25, 0.3) is 0 Å². The smallest absolute Gasteiger partial charge is 0.340 e. The van der Waals surface area contributed by atoms with Gasteiger partial charge < -0.3 is 14.2 Å². The van der Waals surface area contributed by atoms with E-state index in [2.05, 4.69) is 4.57 Å². The third kappa shape index (κ3) is 4.05. The van der Waals surface area contributed by atoms with Crippen molar-refractivity contribution >= 4 is 27.4 Å². The number of para-hydroxylation sites is 1. The molecule has 1 amide bonds. The number of nitrogens with zero attached hydrogens (tertiary/aromatic N) is 2. The van der Waals surface area contributed by atoms with Gasteiger partial charge >= 0.3 is 5.97 Å². The van der Waals surface area contributed by atoms with Crippen LogP contribution in [0.5, 0.6) is 0 Å². The molecule has 0 N–H and O–H groups in total. The van der Waals surface area contributed by atoms with Crippen molar-refractivity contribution in [2.45, 2.75) is 38.8 Å². The Morgan fingerprint density at radius 2 is 1.87 bits per heavy atom. The molecule has 1 aromatic carbocycles. The van der Waals surface area contributed by atoms with Gasteiger partial charge in [-0.1, -0.05) is 18.2 Å². The SMILES string of the molecule is Cc1cc(C(=O)OCC(=O)N(c2ccccc2)[C@@H]2C=CS(=O)(=O)C2)c(C)n1C1CC1. The maximum atomic E-state index is 13.0. The van der Waals surface area contributed by atoms with Crippen LogP contribution in [0.1, 0.15) is 40.6 Å². The summed E-state index contributed by atoms with van der Waals surface area (Å²) in [5.41, 5.74) is 2.86. The van der Waals surface area contributed by atoms with Crippen LogP contribution in [0, 0.1) is 13.8 Å². The topological polar surface area (TPSA) is 85.7 Å². The molecular formula is C22H24N2O5S. The molecule has 2 aromatic rings. The van der Waals surface area contributed by atoms with E-state index in [0.29, 0.717) is 17.3 Å². The zero-order chi connectivity index (χ0) is 21.5. The molecule has 30 heavy (non-hydrogen) atoms. The Morgan fingerprint density at radius 3 is 2.47 bits per heavy atom. The molecule has 2 aliphatic rings. The van der Waals surface area contributed by atoms with Crippen LogP contribution in [0.4, 0.5) is 5.69 Å². The summed E-state index contributed by atoms with van der Waals surface area (Å²) in [5, 5.41) is 1.12. The molecule has 1 aliphatic heterocycles. The summed E-state index contributed by atoms with van der Waals surface area (Å²) in [7, 11) is -3.35. The highest BCUT2D eigenvalue weighted by atomic mass is 32.2. The summed E-state index contributed by atoms with van der Waals surface area (Å²) < 4.78 is 31.2. The van der Waals surface area contributed by atoms with Crippen molar-refractivity contribution in [1.82, 2.24) is 4.57 Å². The van der Waals surface area contributed by atoms with E-state index in [9.17, 15) is 18.0 Å². The first-order valence-corrected chi connectivity index (χ1v) is 11.6. The first kappa shape index (κ1) is 20.4. The number of rotatable bonds is 6. The zero-order valence-electron chi connectivity index (χ0n) is 16.9. The van der Waals surface area contributed by atoms with Crippen molar-refractivity contribution in [3.8, 4) is 0 Å². The van der Waals surface area contributed by atoms with Crippen LogP contribution in [0.2, 0.25) is 0 Å². The number of aryl methyl sites for hydroxylation is 1. The minimum atomic E-state index is -3.35. The fourth-order valence-electron chi connectivity index (χ4n) is 3.98. The molecule has 1 saturated carbocycles. The van der Waals surface area contributed by atoms with Gasteiger partial charge in [0.2, 0.25) is 0 Å². The lowest BCUT2D eigenvalue weighted by molar-refractivity contribution is -0.121. The number of benzene rings is 1.